The summed E-state index contributed by atoms with van der Waals surface area (Å²) in [6.45, 7) is 15.6. The van der Waals surface area contributed by atoms with Gasteiger partial charge < -0.3 is 26.6 Å². The number of Topliss-reactive ketones (excluding diaryl/α,β-unsaturated/α-hetero) is 1. The highest BCUT2D eigenvalue weighted by Gasteiger charge is 2.70. The van der Waals surface area contributed by atoms with Crippen molar-refractivity contribution in [2.45, 2.75) is 116 Å². The standard InChI is InChI=1S/C37H58N6O7S/c1-22(2)19-37(8,21-42(9)51(49,50)24-16-11-10-12-17-24)41-34(48)40-30(35(3,4)5)33(47)43-20-25-27(36(25,6)7)28(43)32(46)39-26(29(44)31(38)45)18-23-14-13-15-23/h10-12,16-17,22-23,25-28,30H,13-15,18-21H2,1-9H3,(H2,38,45)(H,39,46)(H2,40,41,48)/t25-,26?,27-,28-,30+,37-/m0/s1. The van der Waals surface area contributed by atoms with Gasteiger partial charge >= 0.3 is 6.03 Å². The Bertz CT molecular complexity index is 1600. The molecular weight excluding hydrogens is 673 g/mol. The Labute approximate surface area is 303 Å². The largest absolute Gasteiger partial charge is 0.363 e. The summed E-state index contributed by atoms with van der Waals surface area (Å²) in [5.41, 5.74) is 3.34. The lowest BCUT2D eigenvalue weighted by atomic mass is 9.80. The molecule has 1 aliphatic heterocycles. The number of amides is 5. The number of nitrogens with two attached hydrogens (primary N) is 1. The second kappa shape index (κ2) is 14.8. The number of carbonyl (C=O) groups is 5. The maximum atomic E-state index is 14.5. The molecule has 13 nitrogen and oxygen atoms in total. The fourth-order valence-corrected chi connectivity index (χ4v) is 9.51. The molecule has 1 unspecified atom stereocenters. The minimum Gasteiger partial charge on any atom is -0.363 e. The summed E-state index contributed by atoms with van der Waals surface area (Å²) in [4.78, 5) is 68.6. The number of hydrogen-bond acceptors (Lipinski definition) is 7. The summed E-state index contributed by atoms with van der Waals surface area (Å²) in [6, 6.07) is 4.41. The Balaban J connectivity index is 1.54. The van der Waals surface area contributed by atoms with Gasteiger partial charge in [-0.05, 0) is 66.4 Å². The highest BCUT2D eigenvalue weighted by molar-refractivity contribution is 7.89. The molecule has 0 radical (unpaired) electrons. The predicted molar refractivity (Wildman–Crippen MR) is 193 cm³/mol. The summed E-state index contributed by atoms with van der Waals surface area (Å²) in [5.74, 6) is -2.73. The van der Waals surface area contributed by atoms with E-state index in [1.165, 1.54) is 28.4 Å². The van der Waals surface area contributed by atoms with Gasteiger partial charge in [0, 0.05) is 20.1 Å². The summed E-state index contributed by atoms with van der Waals surface area (Å²) in [5, 5.41) is 8.65. The Morgan fingerprint density at radius 1 is 1.02 bits per heavy atom. The quantitative estimate of drug-likeness (QED) is 0.200. The van der Waals surface area contributed by atoms with Crippen LogP contribution in [0.1, 0.15) is 87.5 Å². The highest BCUT2D eigenvalue weighted by atomic mass is 32.2. The number of ketones is 1. The number of benzene rings is 1. The van der Waals surface area contributed by atoms with Crippen LogP contribution in [0.25, 0.3) is 0 Å². The molecule has 4 rings (SSSR count). The summed E-state index contributed by atoms with van der Waals surface area (Å²) in [6.07, 6.45) is 3.59. The lowest BCUT2D eigenvalue weighted by Crippen LogP contribution is -2.63. The molecule has 3 fully saturated rings. The molecule has 2 aliphatic carbocycles. The van der Waals surface area contributed by atoms with E-state index in [4.69, 9.17) is 5.73 Å². The maximum Gasteiger partial charge on any atom is 0.315 e. The van der Waals surface area contributed by atoms with Crippen LogP contribution in [0, 0.1) is 34.5 Å². The number of fused-ring (bicyclic) bond motifs is 1. The lowest BCUT2D eigenvalue weighted by Gasteiger charge is -2.40. The van der Waals surface area contributed by atoms with Gasteiger partial charge in [0.2, 0.25) is 27.6 Å². The molecule has 1 heterocycles. The van der Waals surface area contributed by atoms with Gasteiger partial charge in [-0.15, -0.1) is 0 Å². The average molecular weight is 731 g/mol. The topological polar surface area (TPSA) is 188 Å². The molecule has 0 aromatic heterocycles. The Hall–Kier alpha value is -3.52. The van der Waals surface area contributed by atoms with Gasteiger partial charge in [0.05, 0.1) is 16.5 Å². The van der Waals surface area contributed by atoms with E-state index in [-0.39, 0.29) is 40.5 Å². The number of nitrogens with zero attached hydrogens (tertiary/aromatic N) is 2. The van der Waals surface area contributed by atoms with Crippen molar-refractivity contribution in [3.05, 3.63) is 30.3 Å². The zero-order chi connectivity index (χ0) is 38.3. The molecule has 3 aliphatic rings. The number of hydrogen-bond donors (Lipinski definition) is 4. The number of likely N-dealkylation sites (N-methyl/N-ethyl adjacent to an activating group) is 1. The molecule has 14 heteroatoms. The van der Waals surface area contributed by atoms with Crippen molar-refractivity contribution in [2.24, 2.45) is 40.2 Å². The zero-order valence-corrected chi connectivity index (χ0v) is 32.4. The Morgan fingerprint density at radius 2 is 1.63 bits per heavy atom. The van der Waals surface area contributed by atoms with E-state index in [9.17, 15) is 32.4 Å². The van der Waals surface area contributed by atoms with E-state index in [1.807, 2.05) is 48.5 Å². The fourth-order valence-electron chi connectivity index (χ4n) is 8.20. The van der Waals surface area contributed by atoms with Crippen LogP contribution < -0.4 is 21.7 Å². The van der Waals surface area contributed by atoms with Crippen LogP contribution in [0.15, 0.2) is 35.2 Å². The first-order valence-corrected chi connectivity index (χ1v) is 19.5. The Morgan fingerprint density at radius 3 is 2.14 bits per heavy atom. The molecule has 0 bridgehead atoms. The van der Waals surface area contributed by atoms with E-state index < -0.39 is 68.6 Å². The third-order valence-electron chi connectivity index (χ3n) is 11.1. The van der Waals surface area contributed by atoms with Gasteiger partial charge in [0.25, 0.3) is 5.91 Å². The lowest BCUT2D eigenvalue weighted by molar-refractivity contribution is -0.145. The molecule has 2 saturated carbocycles. The van der Waals surface area contributed by atoms with Gasteiger partial charge in [-0.2, -0.15) is 4.31 Å². The summed E-state index contributed by atoms with van der Waals surface area (Å²) < 4.78 is 28.0. The van der Waals surface area contributed by atoms with Crippen LogP contribution in [0.2, 0.25) is 0 Å². The molecule has 5 amide bonds. The second-order valence-electron chi connectivity index (χ2n) is 17.3. The molecule has 51 heavy (non-hydrogen) atoms. The van der Waals surface area contributed by atoms with Crippen molar-refractivity contribution in [1.29, 1.82) is 0 Å². The minimum absolute atomic E-state index is 0.0250. The van der Waals surface area contributed by atoms with Crippen molar-refractivity contribution in [3.63, 3.8) is 0 Å². The number of sulfonamides is 1. The fraction of sp³-hybridized carbons (Fsp3) is 0.703. The van der Waals surface area contributed by atoms with Crippen LogP contribution in [-0.2, 0) is 29.2 Å². The first-order chi connectivity index (χ1) is 23.5. The highest BCUT2D eigenvalue weighted by Crippen LogP contribution is 2.65. The van der Waals surface area contributed by atoms with Crippen molar-refractivity contribution in [1.82, 2.24) is 25.2 Å². The monoisotopic (exact) mass is 730 g/mol. The van der Waals surface area contributed by atoms with E-state index in [2.05, 4.69) is 16.0 Å². The molecule has 5 N–H and O–H groups in total. The van der Waals surface area contributed by atoms with Crippen LogP contribution in [0.5, 0.6) is 0 Å². The second-order valence-corrected chi connectivity index (χ2v) is 19.4. The molecule has 1 aromatic rings. The molecule has 284 valence electrons. The van der Waals surface area contributed by atoms with Crippen LogP contribution in [0.4, 0.5) is 4.79 Å². The summed E-state index contributed by atoms with van der Waals surface area (Å²) >= 11 is 0. The zero-order valence-electron chi connectivity index (χ0n) is 31.6. The van der Waals surface area contributed by atoms with Gasteiger partial charge in [-0.25, -0.2) is 13.2 Å². The first-order valence-electron chi connectivity index (χ1n) is 18.0. The number of carbonyl (C=O) groups excluding carboxylic acids is 5. The molecular formula is C37H58N6O7S. The third-order valence-corrected chi connectivity index (χ3v) is 12.9. The normalized spacial score (nSPS) is 23.7. The van der Waals surface area contributed by atoms with Crippen LogP contribution in [0.3, 0.4) is 0 Å². The van der Waals surface area contributed by atoms with E-state index in [1.54, 1.807) is 25.1 Å². The van der Waals surface area contributed by atoms with E-state index >= 15 is 0 Å². The van der Waals surface area contributed by atoms with Gasteiger partial charge in [0.15, 0.2) is 0 Å². The number of rotatable bonds is 15. The number of piperidine rings is 1. The van der Waals surface area contributed by atoms with Crippen LogP contribution in [-0.4, -0.2) is 91.0 Å². The smallest absolute Gasteiger partial charge is 0.315 e. The molecule has 1 aromatic carbocycles. The van der Waals surface area contributed by atoms with Gasteiger partial charge in [-0.3, -0.25) is 19.2 Å². The predicted octanol–water partition coefficient (Wildman–Crippen LogP) is 3.04. The van der Waals surface area contributed by atoms with E-state index in [0.29, 0.717) is 19.4 Å². The number of urea groups is 1. The van der Waals surface area contributed by atoms with Crippen LogP contribution >= 0.6 is 0 Å². The number of nitrogens with one attached hydrogen (secondary N) is 3. The number of primary amides is 1. The van der Waals surface area contributed by atoms with Crippen molar-refractivity contribution in [2.75, 3.05) is 20.1 Å². The van der Waals surface area contributed by atoms with Gasteiger partial charge in [0.1, 0.15) is 12.1 Å². The van der Waals surface area contributed by atoms with E-state index in [0.717, 1.165) is 19.3 Å². The first kappa shape index (κ1) is 40.3. The molecule has 6 atom stereocenters. The Kier molecular flexibility index (Phi) is 11.7. The third kappa shape index (κ3) is 8.93. The van der Waals surface area contributed by atoms with Gasteiger partial charge in [-0.1, -0.05) is 85.9 Å². The minimum atomic E-state index is -3.85. The SMILES string of the molecule is CC(C)C[C@@](C)(CN(C)S(=O)(=O)c1ccccc1)NC(=O)N[C@H](C(=O)N1C[C@H]2[C@@H]([C@H]1C(=O)NC(CC1CCC1)C(=O)C(N)=O)C2(C)C)C(C)(C)C. The average Bonchev–Trinajstić information content (AvgIpc) is 3.30. The van der Waals surface area contributed by atoms with Crippen molar-refractivity contribution < 1.29 is 32.4 Å². The maximum absolute atomic E-state index is 14.5. The molecule has 1 saturated heterocycles. The molecule has 0 spiro atoms. The van der Waals surface area contributed by atoms with Crippen molar-refractivity contribution >= 4 is 39.6 Å². The van der Waals surface area contributed by atoms with Crippen molar-refractivity contribution in [3.8, 4) is 0 Å². The number of likely N-dealkylation sites (tertiary alicyclic amines) is 1. The summed E-state index contributed by atoms with van der Waals surface area (Å²) in [7, 11) is -2.37.